The lowest BCUT2D eigenvalue weighted by Gasteiger charge is -2.07. The van der Waals surface area contributed by atoms with Gasteiger partial charge in [-0.25, -0.2) is 14.4 Å². The van der Waals surface area contributed by atoms with Crippen LogP contribution in [-0.4, -0.2) is 9.97 Å². The molecular formula is C12H7ClFN3O. The van der Waals surface area contributed by atoms with E-state index in [1.165, 1.54) is 18.5 Å². The fourth-order valence-corrected chi connectivity index (χ4v) is 1.40. The van der Waals surface area contributed by atoms with Gasteiger partial charge in [0.1, 0.15) is 29.1 Å². The molecule has 0 unspecified atom stereocenters. The molecular weight excluding hydrogens is 257 g/mol. The molecule has 0 saturated heterocycles. The van der Waals surface area contributed by atoms with Crippen molar-refractivity contribution in [1.82, 2.24) is 9.97 Å². The zero-order chi connectivity index (χ0) is 13.1. The van der Waals surface area contributed by atoms with Gasteiger partial charge in [-0.3, -0.25) is 0 Å². The SMILES string of the molecule is Cc1c(Cl)ncnc1Oc1ccc(C#N)c(F)c1. The Labute approximate surface area is 108 Å². The van der Waals surface area contributed by atoms with E-state index in [9.17, 15) is 4.39 Å². The van der Waals surface area contributed by atoms with Gasteiger partial charge < -0.3 is 4.74 Å². The fraction of sp³-hybridized carbons (Fsp3) is 0.0833. The molecule has 0 aliphatic heterocycles. The summed E-state index contributed by atoms with van der Waals surface area (Å²) in [6.45, 7) is 1.69. The number of hydrogen-bond donors (Lipinski definition) is 0. The molecule has 0 bridgehead atoms. The zero-order valence-electron chi connectivity index (χ0n) is 9.32. The van der Waals surface area contributed by atoms with Crippen LogP contribution in [0, 0.1) is 24.1 Å². The Morgan fingerprint density at radius 2 is 2.17 bits per heavy atom. The monoisotopic (exact) mass is 263 g/mol. The van der Waals surface area contributed by atoms with E-state index in [0.29, 0.717) is 5.56 Å². The third-order valence-electron chi connectivity index (χ3n) is 2.25. The second-order valence-corrected chi connectivity index (χ2v) is 3.81. The molecule has 0 atom stereocenters. The second-order valence-electron chi connectivity index (χ2n) is 3.45. The van der Waals surface area contributed by atoms with Gasteiger partial charge in [-0.15, -0.1) is 0 Å². The van der Waals surface area contributed by atoms with Gasteiger partial charge in [-0.1, -0.05) is 11.6 Å². The van der Waals surface area contributed by atoms with Gasteiger partial charge in [0.2, 0.25) is 5.88 Å². The number of ether oxygens (including phenoxy) is 1. The summed E-state index contributed by atoms with van der Waals surface area (Å²) in [5.74, 6) is -0.156. The average Bonchev–Trinajstić information content (AvgIpc) is 2.35. The van der Waals surface area contributed by atoms with E-state index >= 15 is 0 Å². The molecule has 0 aliphatic carbocycles. The Bertz CT molecular complexity index is 640. The van der Waals surface area contributed by atoms with E-state index < -0.39 is 5.82 Å². The minimum Gasteiger partial charge on any atom is -0.438 e. The van der Waals surface area contributed by atoms with E-state index in [4.69, 9.17) is 21.6 Å². The maximum atomic E-state index is 13.4. The van der Waals surface area contributed by atoms with Crippen LogP contribution in [0.4, 0.5) is 4.39 Å². The molecule has 6 heteroatoms. The van der Waals surface area contributed by atoms with Crippen LogP contribution in [0.25, 0.3) is 0 Å². The lowest BCUT2D eigenvalue weighted by Crippen LogP contribution is -1.94. The van der Waals surface area contributed by atoms with Crippen LogP contribution >= 0.6 is 11.6 Å². The van der Waals surface area contributed by atoms with Gasteiger partial charge in [-0.05, 0) is 19.1 Å². The number of benzene rings is 1. The molecule has 2 aromatic rings. The van der Waals surface area contributed by atoms with Crippen molar-refractivity contribution < 1.29 is 9.13 Å². The molecule has 0 amide bonds. The summed E-state index contributed by atoms with van der Waals surface area (Å²) in [5, 5.41) is 8.88. The van der Waals surface area contributed by atoms with Crippen molar-refractivity contribution in [3.05, 3.63) is 46.6 Å². The van der Waals surface area contributed by atoms with E-state index in [1.807, 2.05) is 0 Å². The predicted molar refractivity (Wildman–Crippen MR) is 63.0 cm³/mol. The van der Waals surface area contributed by atoms with Crippen molar-refractivity contribution >= 4 is 11.6 Å². The lowest BCUT2D eigenvalue weighted by molar-refractivity contribution is 0.452. The maximum Gasteiger partial charge on any atom is 0.226 e. The third kappa shape index (κ3) is 2.39. The maximum absolute atomic E-state index is 13.4. The van der Waals surface area contributed by atoms with Crippen LogP contribution in [0.15, 0.2) is 24.5 Å². The van der Waals surface area contributed by atoms with Crippen LogP contribution in [0.2, 0.25) is 5.15 Å². The molecule has 1 heterocycles. The average molecular weight is 264 g/mol. The van der Waals surface area contributed by atoms with Gasteiger partial charge in [-0.2, -0.15) is 5.26 Å². The minimum absolute atomic E-state index is 0.0419. The van der Waals surface area contributed by atoms with Crippen LogP contribution in [0.5, 0.6) is 11.6 Å². The Kier molecular flexibility index (Phi) is 3.40. The molecule has 0 spiro atoms. The number of nitrogens with zero attached hydrogens (tertiary/aromatic N) is 3. The Morgan fingerprint density at radius 3 is 2.83 bits per heavy atom. The zero-order valence-corrected chi connectivity index (χ0v) is 10.1. The fourth-order valence-electron chi connectivity index (χ4n) is 1.28. The van der Waals surface area contributed by atoms with E-state index in [-0.39, 0.29) is 22.3 Å². The summed E-state index contributed by atoms with van der Waals surface area (Å²) in [4.78, 5) is 7.68. The first-order valence-electron chi connectivity index (χ1n) is 4.96. The number of nitriles is 1. The first-order chi connectivity index (χ1) is 8.61. The van der Waals surface area contributed by atoms with Crippen molar-refractivity contribution in [3.8, 4) is 17.7 Å². The summed E-state index contributed by atoms with van der Waals surface area (Å²) in [5.41, 5.74) is 0.517. The molecule has 0 saturated carbocycles. The normalized spacial score (nSPS) is 9.89. The van der Waals surface area contributed by atoms with Crippen molar-refractivity contribution in [3.63, 3.8) is 0 Å². The molecule has 1 aromatic carbocycles. The number of aromatic nitrogens is 2. The summed E-state index contributed by atoms with van der Waals surface area (Å²) >= 11 is 5.81. The highest BCUT2D eigenvalue weighted by molar-refractivity contribution is 6.30. The molecule has 4 nitrogen and oxygen atoms in total. The second kappa shape index (κ2) is 4.98. The topological polar surface area (TPSA) is 58.8 Å². The minimum atomic E-state index is -0.646. The highest BCUT2D eigenvalue weighted by Crippen LogP contribution is 2.26. The number of rotatable bonds is 2. The van der Waals surface area contributed by atoms with Crippen molar-refractivity contribution in [2.45, 2.75) is 6.92 Å². The van der Waals surface area contributed by atoms with Crippen molar-refractivity contribution in [2.75, 3.05) is 0 Å². The Hall–Kier alpha value is -2.19. The van der Waals surface area contributed by atoms with Gasteiger partial charge in [0.15, 0.2) is 0 Å². The van der Waals surface area contributed by atoms with Crippen molar-refractivity contribution in [1.29, 1.82) is 5.26 Å². The Balaban J connectivity index is 2.32. The van der Waals surface area contributed by atoms with E-state index in [0.717, 1.165) is 6.07 Å². The van der Waals surface area contributed by atoms with E-state index in [1.54, 1.807) is 13.0 Å². The molecule has 0 radical (unpaired) electrons. The van der Waals surface area contributed by atoms with Crippen LogP contribution in [-0.2, 0) is 0 Å². The highest BCUT2D eigenvalue weighted by atomic mass is 35.5. The number of halogens is 2. The van der Waals surface area contributed by atoms with Gasteiger partial charge in [0.05, 0.1) is 5.56 Å². The largest absolute Gasteiger partial charge is 0.438 e. The summed E-state index contributed by atoms with van der Waals surface area (Å²) in [7, 11) is 0. The smallest absolute Gasteiger partial charge is 0.226 e. The molecule has 90 valence electrons. The lowest BCUT2D eigenvalue weighted by atomic mass is 10.2. The Morgan fingerprint density at radius 1 is 1.39 bits per heavy atom. The predicted octanol–water partition coefficient (Wildman–Crippen LogP) is 3.24. The summed E-state index contributed by atoms with van der Waals surface area (Å²) in [6.07, 6.45) is 1.25. The van der Waals surface area contributed by atoms with Crippen LogP contribution in [0.3, 0.4) is 0 Å². The molecule has 2 rings (SSSR count). The first-order valence-corrected chi connectivity index (χ1v) is 5.34. The van der Waals surface area contributed by atoms with Crippen LogP contribution in [0.1, 0.15) is 11.1 Å². The summed E-state index contributed by atoms with van der Waals surface area (Å²) < 4.78 is 18.8. The van der Waals surface area contributed by atoms with Crippen molar-refractivity contribution in [2.24, 2.45) is 0 Å². The van der Waals surface area contributed by atoms with Crippen LogP contribution < -0.4 is 4.74 Å². The van der Waals surface area contributed by atoms with Gasteiger partial charge in [0.25, 0.3) is 0 Å². The molecule has 18 heavy (non-hydrogen) atoms. The molecule has 0 fully saturated rings. The third-order valence-corrected chi connectivity index (χ3v) is 2.63. The first kappa shape index (κ1) is 12.3. The van der Waals surface area contributed by atoms with Gasteiger partial charge in [0, 0.05) is 11.6 Å². The molecule has 1 aromatic heterocycles. The molecule has 0 aliphatic rings. The number of hydrogen-bond acceptors (Lipinski definition) is 4. The quantitative estimate of drug-likeness (QED) is 0.781. The summed E-state index contributed by atoms with van der Waals surface area (Å²) in [6, 6.07) is 5.67. The van der Waals surface area contributed by atoms with Gasteiger partial charge >= 0.3 is 0 Å². The highest BCUT2D eigenvalue weighted by Gasteiger charge is 2.09. The van der Waals surface area contributed by atoms with E-state index in [2.05, 4.69) is 9.97 Å². The standard InChI is InChI=1S/C12H7ClFN3O/c1-7-11(13)16-6-17-12(7)18-9-3-2-8(5-15)10(14)4-9/h2-4,6H,1H3. The molecule has 0 N–H and O–H groups in total.